The molecule has 1 N–H and O–H groups in total. The first kappa shape index (κ1) is 15.2. The van der Waals surface area contributed by atoms with Crippen LogP contribution in [0.25, 0.3) is 0 Å². The van der Waals surface area contributed by atoms with E-state index >= 15 is 0 Å². The quantitative estimate of drug-likeness (QED) is 0.923. The summed E-state index contributed by atoms with van der Waals surface area (Å²) in [6.45, 7) is 6.23. The first-order chi connectivity index (χ1) is 9.38. The number of aryl methyl sites for hydroxylation is 1. The largest absolute Gasteiger partial charge is 0.245 e. The van der Waals surface area contributed by atoms with Crippen molar-refractivity contribution < 1.29 is 8.42 Å². The first-order valence-corrected chi connectivity index (χ1v) is 8.75. The zero-order valence-corrected chi connectivity index (χ0v) is 13.4. The van der Waals surface area contributed by atoms with E-state index in [1.165, 1.54) is 0 Å². The number of nitrogens with one attached hydrogen (secondary N) is 1. The van der Waals surface area contributed by atoms with Crippen LogP contribution in [0.2, 0.25) is 0 Å². The minimum atomic E-state index is -3.48. The van der Waals surface area contributed by atoms with E-state index in [1.54, 1.807) is 29.5 Å². The van der Waals surface area contributed by atoms with Crippen LogP contribution >= 0.6 is 11.3 Å². The number of sulfonamides is 1. The zero-order chi connectivity index (χ0) is 14.8. The Hall–Kier alpha value is -1.24. The second kappa shape index (κ2) is 6.03. The molecule has 2 rings (SSSR count). The molecule has 1 heterocycles. The van der Waals surface area contributed by atoms with E-state index in [0.717, 1.165) is 16.3 Å². The summed E-state index contributed by atoms with van der Waals surface area (Å²) < 4.78 is 26.9. The predicted octanol–water partition coefficient (Wildman–Crippen LogP) is 3.05. The van der Waals surface area contributed by atoms with E-state index in [0.29, 0.717) is 5.92 Å². The minimum Gasteiger partial charge on any atom is -0.245 e. The summed E-state index contributed by atoms with van der Waals surface area (Å²) >= 11 is 1.56. The van der Waals surface area contributed by atoms with Crippen LogP contribution < -0.4 is 4.72 Å². The van der Waals surface area contributed by atoms with Gasteiger partial charge in [-0.1, -0.05) is 26.0 Å². The molecule has 20 heavy (non-hydrogen) atoms. The second-order valence-corrected chi connectivity index (χ2v) is 7.63. The van der Waals surface area contributed by atoms with Gasteiger partial charge in [0.1, 0.15) is 0 Å². The molecule has 0 atom stereocenters. The van der Waals surface area contributed by atoms with Gasteiger partial charge in [-0.3, -0.25) is 0 Å². The molecule has 1 aromatic heterocycles. The van der Waals surface area contributed by atoms with Gasteiger partial charge in [0.25, 0.3) is 0 Å². The van der Waals surface area contributed by atoms with E-state index in [1.807, 2.05) is 18.4 Å². The normalized spacial score (nSPS) is 12.0. The standard InChI is InChI=1S/C14H18N2O2S2/c1-10(2)14-16-12(9-19-14)8-15-20(17,18)13-6-4-5-11(3)7-13/h4-7,9-10,15H,8H2,1-3H3. The fraction of sp³-hybridized carbons (Fsp3) is 0.357. The SMILES string of the molecule is Cc1cccc(S(=O)(=O)NCc2csc(C(C)C)n2)c1. The van der Waals surface area contributed by atoms with Crippen LogP contribution in [0.5, 0.6) is 0 Å². The highest BCUT2D eigenvalue weighted by molar-refractivity contribution is 7.89. The summed E-state index contributed by atoms with van der Waals surface area (Å²) in [5, 5.41) is 2.92. The Morgan fingerprint density at radius 2 is 2.10 bits per heavy atom. The van der Waals surface area contributed by atoms with E-state index in [-0.39, 0.29) is 11.4 Å². The van der Waals surface area contributed by atoms with E-state index in [4.69, 9.17) is 0 Å². The van der Waals surface area contributed by atoms with Gasteiger partial charge in [-0.05, 0) is 24.6 Å². The third-order valence-electron chi connectivity index (χ3n) is 2.81. The van der Waals surface area contributed by atoms with Crippen LogP contribution in [0.3, 0.4) is 0 Å². The number of aromatic nitrogens is 1. The molecule has 0 saturated heterocycles. The van der Waals surface area contributed by atoms with Crippen LogP contribution in [0.1, 0.15) is 36.0 Å². The highest BCUT2D eigenvalue weighted by Crippen LogP contribution is 2.19. The molecule has 0 spiro atoms. The van der Waals surface area contributed by atoms with Gasteiger partial charge in [-0.2, -0.15) is 0 Å². The maximum Gasteiger partial charge on any atom is 0.240 e. The molecule has 0 aliphatic carbocycles. The molecule has 2 aromatic rings. The maximum absolute atomic E-state index is 12.2. The van der Waals surface area contributed by atoms with Crippen molar-refractivity contribution in [1.29, 1.82) is 0 Å². The third-order valence-corrected chi connectivity index (χ3v) is 5.40. The van der Waals surface area contributed by atoms with Crippen LogP contribution in [-0.2, 0) is 16.6 Å². The molecule has 6 heteroatoms. The Balaban J connectivity index is 2.09. The summed E-state index contributed by atoms with van der Waals surface area (Å²) in [6.07, 6.45) is 0. The van der Waals surface area contributed by atoms with Crippen molar-refractivity contribution in [3.8, 4) is 0 Å². The van der Waals surface area contributed by atoms with E-state index < -0.39 is 10.0 Å². The van der Waals surface area contributed by atoms with Crippen molar-refractivity contribution in [3.63, 3.8) is 0 Å². The average Bonchev–Trinajstić information content (AvgIpc) is 2.85. The topological polar surface area (TPSA) is 59.1 Å². The van der Waals surface area contributed by atoms with Crippen molar-refractivity contribution in [1.82, 2.24) is 9.71 Å². The number of nitrogens with zero attached hydrogens (tertiary/aromatic N) is 1. The molecule has 0 unspecified atom stereocenters. The fourth-order valence-electron chi connectivity index (χ4n) is 1.70. The summed E-state index contributed by atoms with van der Waals surface area (Å²) in [5.41, 5.74) is 1.68. The molecular weight excluding hydrogens is 292 g/mol. The second-order valence-electron chi connectivity index (χ2n) is 4.97. The van der Waals surface area contributed by atoms with Gasteiger partial charge in [0.15, 0.2) is 0 Å². The van der Waals surface area contributed by atoms with Gasteiger partial charge >= 0.3 is 0 Å². The van der Waals surface area contributed by atoms with Gasteiger partial charge in [0, 0.05) is 11.3 Å². The van der Waals surface area contributed by atoms with Crippen molar-refractivity contribution in [2.24, 2.45) is 0 Å². The molecule has 0 aliphatic heterocycles. The summed E-state index contributed by atoms with van der Waals surface area (Å²) in [4.78, 5) is 4.70. The highest BCUT2D eigenvalue weighted by atomic mass is 32.2. The molecule has 4 nitrogen and oxygen atoms in total. The van der Waals surface area contributed by atoms with Gasteiger partial charge in [0.05, 0.1) is 22.1 Å². The lowest BCUT2D eigenvalue weighted by atomic mass is 10.2. The molecular formula is C14H18N2O2S2. The third kappa shape index (κ3) is 3.65. The lowest BCUT2D eigenvalue weighted by molar-refractivity contribution is 0.580. The Morgan fingerprint density at radius 1 is 1.35 bits per heavy atom. The van der Waals surface area contributed by atoms with Crippen molar-refractivity contribution in [2.45, 2.75) is 38.1 Å². The fourth-order valence-corrected chi connectivity index (χ4v) is 3.64. The number of hydrogen-bond acceptors (Lipinski definition) is 4. The zero-order valence-electron chi connectivity index (χ0n) is 11.8. The van der Waals surface area contributed by atoms with Crippen molar-refractivity contribution in [3.05, 3.63) is 45.9 Å². The van der Waals surface area contributed by atoms with Crippen LogP contribution in [0, 0.1) is 6.92 Å². The smallest absolute Gasteiger partial charge is 0.240 e. The molecule has 0 saturated carbocycles. The molecule has 0 fully saturated rings. The van der Waals surface area contributed by atoms with Crippen LogP contribution in [0.4, 0.5) is 0 Å². The summed E-state index contributed by atoms with van der Waals surface area (Å²) in [7, 11) is -3.48. The monoisotopic (exact) mass is 310 g/mol. The molecule has 1 aromatic carbocycles. The van der Waals surface area contributed by atoms with E-state index in [2.05, 4.69) is 23.6 Å². The van der Waals surface area contributed by atoms with E-state index in [9.17, 15) is 8.42 Å². The maximum atomic E-state index is 12.2. The minimum absolute atomic E-state index is 0.222. The van der Waals surface area contributed by atoms with Crippen molar-refractivity contribution in [2.75, 3.05) is 0 Å². The summed E-state index contributed by atoms with van der Waals surface area (Å²) in [5.74, 6) is 0.363. The lowest BCUT2D eigenvalue weighted by Crippen LogP contribution is -2.23. The van der Waals surface area contributed by atoms with Gasteiger partial charge in [-0.15, -0.1) is 11.3 Å². The number of rotatable bonds is 5. The Labute approximate surface area is 123 Å². The van der Waals surface area contributed by atoms with Crippen molar-refractivity contribution >= 4 is 21.4 Å². The highest BCUT2D eigenvalue weighted by Gasteiger charge is 2.14. The lowest BCUT2D eigenvalue weighted by Gasteiger charge is -2.06. The van der Waals surface area contributed by atoms with Crippen LogP contribution in [-0.4, -0.2) is 13.4 Å². The van der Waals surface area contributed by atoms with Crippen LogP contribution in [0.15, 0.2) is 34.5 Å². The van der Waals surface area contributed by atoms with Gasteiger partial charge in [-0.25, -0.2) is 18.1 Å². The molecule has 0 bridgehead atoms. The number of benzene rings is 1. The number of thiazole rings is 1. The molecule has 0 amide bonds. The van der Waals surface area contributed by atoms with Gasteiger partial charge in [0.2, 0.25) is 10.0 Å². The first-order valence-electron chi connectivity index (χ1n) is 6.39. The predicted molar refractivity (Wildman–Crippen MR) is 81.4 cm³/mol. The average molecular weight is 310 g/mol. The molecule has 108 valence electrons. The number of hydrogen-bond donors (Lipinski definition) is 1. The Morgan fingerprint density at radius 3 is 2.70 bits per heavy atom. The summed E-state index contributed by atoms with van der Waals surface area (Å²) in [6, 6.07) is 6.86. The Bertz CT molecular complexity index is 691. The van der Waals surface area contributed by atoms with Gasteiger partial charge < -0.3 is 0 Å². The Kier molecular flexibility index (Phi) is 4.57. The molecule has 0 radical (unpaired) electrons. The molecule has 0 aliphatic rings.